The van der Waals surface area contributed by atoms with Gasteiger partial charge in [-0.1, -0.05) is 12.5 Å². The molecule has 1 aliphatic rings. The molecular weight excluding hydrogens is 489 g/mol. The van der Waals surface area contributed by atoms with Gasteiger partial charge in [-0.3, -0.25) is 4.57 Å². The van der Waals surface area contributed by atoms with Gasteiger partial charge in [-0.05, 0) is 37.1 Å². The molecule has 3 heterocycles. The van der Waals surface area contributed by atoms with Crippen molar-refractivity contribution in [1.29, 1.82) is 0 Å². The molecule has 0 radical (unpaired) electrons. The van der Waals surface area contributed by atoms with Crippen LogP contribution in [0.5, 0.6) is 11.5 Å². The zero-order chi connectivity index (χ0) is 25.3. The van der Waals surface area contributed by atoms with Crippen molar-refractivity contribution < 1.29 is 26.7 Å². The average molecular weight is 514 g/mol. The number of methoxy groups -OCH3 is 2. The van der Waals surface area contributed by atoms with E-state index in [1.165, 1.54) is 20.5 Å². The third-order valence-corrected chi connectivity index (χ3v) is 8.46. The van der Waals surface area contributed by atoms with Crippen LogP contribution in [0, 0.1) is 5.82 Å². The van der Waals surface area contributed by atoms with Gasteiger partial charge in [-0.15, -0.1) is 10.2 Å². The number of rotatable bonds is 8. The highest BCUT2D eigenvalue weighted by atomic mass is 32.2. The van der Waals surface area contributed by atoms with Crippen LogP contribution in [0.25, 0.3) is 17.3 Å². The fourth-order valence-electron chi connectivity index (χ4n) is 4.71. The van der Waals surface area contributed by atoms with E-state index < -0.39 is 32.6 Å². The molecule has 0 aliphatic heterocycles. The van der Waals surface area contributed by atoms with E-state index in [4.69, 9.17) is 13.9 Å². The van der Waals surface area contributed by atoms with E-state index >= 15 is 0 Å². The molecule has 10 nitrogen and oxygen atoms in total. The molecule has 36 heavy (non-hydrogen) atoms. The minimum absolute atomic E-state index is 0.176. The molecule has 12 heteroatoms. The van der Waals surface area contributed by atoms with E-state index in [1.807, 2.05) is 0 Å². The van der Waals surface area contributed by atoms with Crippen LogP contribution in [0.3, 0.4) is 0 Å². The highest BCUT2D eigenvalue weighted by molar-refractivity contribution is 7.91. The summed E-state index contributed by atoms with van der Waals surface area (Å²) < 4.78 is 59.1. The van der Waals surface area contributed by atoms with Crippen molar-refractivity contribution in [3.63, 3.8) is 0 Å². The van der Waals surface area contributed by atoms with Gasteiger partial charge in [0.05, 0.1) is 38.1 Å². The SMILES string of the molecule is COc1cccc(OC)c1-n1c(CS(=O)(=O)[C@@H]2CCC[C@H]2c2ncc(F)cn2)nnc1-c1ccco1. The zero-order valence-electron chi connectivity index (χ0n) is 19.7. The lowest BCUT2D eigenvalue weighted by Crippen LogP contribution is -2.27. The number of nitrogens with zero attached hydrogens (tertiary/aromatic N) is 5. The number of halogens is 1. The highest BCUT2D eigenvalue weighted by Gasteiger charge is 2.41. The predicted molar refractivity (Wildman–Crippen MR) is 127 cm³/mol. The van der Waals surface area contributed by atoms with Gasteiger partial charge in [0.25, 0.3) is 0 Å². The molecule has 4 aromatic rings. The van der Waals surface area contributed by atoms with Gasteiger partial charge in [-0.25, -0.2) is 22.8 Å². The third kappa shape index (κ3) is 4.32. The number of ether oxygens (including phenoxy) is 2. The maximum absolute atomic E-state index is 13.7. The summed E-state index contributed by atoms with van der Waals surface area (Å²) in [5, 5.41) is 7.77. The summed E-state index contributed by atoms with van der Waals surface area (Å²) in [7, 11) is -0.732. The summed E-state index contributed by atoms with van der Waals surface area (Å²) >= 11 is 0. The van der Waals surface area contributed by atoms with E-state index in [1.54, 1.807) is 34.9 Å². The summed E-state index contributed by atoms with van der Waals surface area (Å²) in [5.74, 6) is 0.692. The van der Waals surface area contributed by atoms with Crippen molar-refractivity contribution in [3.8, 4) is 28.8 Å². The molecule has 2 atom stereocenters. The molecule has 0 saturated heterocycles. The van der Waals surface area contributed by atoms with Crippen LogP contribution in [-0.4, -0.2) is 52.6 Å². The summed E-state index contributed by atoms with van der Waals surface area (Å²) in [4.78, 5) is 8.10. The second-order valence-corrected chi connectivity index (χ2v) is 10.6. The van der Waals surface area contributed by atoms with Gasteiger partial charge < -0.3 is 13.9 Å². The number of hydrogen-bond donors (Lipinski definition) is 0. The Hall–Kier alpha value is -3.80. The smallest absolute Gasteiger partial charge is 0.204 e. The molecule has 1 aliphatic carbocycles. The van der Waals surface area contributed by atoms with Gasteiger partial charge in [0.15, 0.2) is 27.2 Å². The summed E-state index contributed by atoms with van der Waals surface area (Å²) in [6.07, 6.45) is 5.36. The van der Waals surface area contributed by atoms with Crippen molar-refractivity contribution in [3.05, 3.63) is 66.5 Å². The van der Waals surface area contributed by atoms with E-state index in [2.05, 4.69) is 20.2 Å². The van der Waals surface area contributed by atoms with Crippen LogP contribution in [0.15, 0.2) is 53.4 Å². The van der Waals surface area contributed by atoms with Crippen molar-refractivity contribution >= 4 is 9.84 Å². The topological polar surface area (TPSA) is 122 Å². The van der Waals surface area contributed by atoms with Crippen molar-refractivity contribution in [1.82, 2.24) is 24.7 Å². The maximum atomic E-state index is 13.7. The third-order valence-electron chi connectivity index (χ3n) is 6.31. The molecule has 0 unspecified atom stereocenters. The average Bonchev–Trinajstić information content (AvgIpc) is 3.65. The largest absolute Gasteiger partial charge is 0.494 e. The molecule has 1 aromatic carbocycles. The van der Waals surface area contributed by atoms with Crippen LogP contribution in [0.4, 0.5) is 4.39 Å². The lowest BCUT2D eigenvalue weighted by molar-refractivity contribution is 0.390. The molecule has 5 rings (SSSR count). The van der Waals surface area contributed by atoms with E-state index in [0.29, 0.717) is 53.9 Å². The molecule has 1 saturated carbocycles. The van der Waals surface area contributed by atoms with Crippen molar-refractivity contribution in [2.24, 2.45) is 0 Å². The Kier molecular flexibility index (Phi) is 6.44. The molecule has 0 spiro atoms. The fraction of sp³-hybridized carbons (Fsp3) is 0.333. The standard InChI is InChI=1S/C24H24FN5O5S/c1-33-17-7-4-8-18(34-2)22(17)30-21(28-29-24(30)19-9-5-11-35-19)14-36(31,32)20-10-3-6-16(20)23-26-12-15(25)13-27-23/h4-5,7-9,11-13,16,20H,3,6,10,14H2,1-2H3/t16-,20-/m1/s1. The Morgan fingerprint density at radius 3 is 2.42 bits per heavy atom. The van der Waals surface area contributed by atoms with Gasteiger partial charge in [0, 0.05) is 5.92 Å². The van der Waals surface area contributed by atoms with Crippen LogP contribution in [0.1, 0.15) is 36.8 Å². The number of furan rings is 1. The quantitative estimate of drug-likeness (QED) is 0.347. The van der Waals surface area contributed by atoms with Gasteiger partial charge in [0.1, 0.15) is 28.8 Å². The first-order valence-corrected chi connectivity index (χ1v) is 13.0. The Labute approximate surface area is 207 Å². The number of benzene rings is 1. The molecule has 188 valence electrons. The predicted octanol–water partition coefficient (Wildman–Crippen LogP) is 3.72. The lowest BCUT2D eigenvalue weighted by atomic mass is 10.1. The first-order chi connectivity index (χ1) is 17.4. The molecule has 0 bridgehead atoms. The van der Waals surface area contributed by atoms with Crippen LogP contribution < -0.4 is 9.47 Å². The Morgan fingerprint density at radius 1 is 1.06 bits per heavy atom. The van der Waals surface area contributed by atoms with Crippen LogP contribution >= 0.6 is 0 Å². The van der Waals surface area contributed by atoms with Gasteiger partial charge >= 0.3 is 0 Å². The van der Waals surface area contributed by atoms with Gasteiger partial charge in [-0.2, -0.15) is 0 Å². The lowest BCUT2D eigenvalue weighted by Gasteiger charge is -2.20. The monoisotopic (exact) mass is 513 g/mol. The number of sulfone groups is 1. The molecule has 3 aromatic heterocycles. The van der Waals surface area contributed by atoms with E-state index in [9.17, 15) is 12.8 Å². The van der Waals surface area contributed by atoms with E-state index in [0.717, 1.165) is 12.4 Å². The molecule has 0 amide bonds. The molecule has 0 N–H and O–H groups in total. The normalized spacial score (nSPS) is 17.9. The second-order valence-electron chi connectivity index (χ2n) is 8.41. The summed E-state index contributed by atoms with van der Waals surface area (Å²) in [5.41, 5.74) is 0.453. The minimum atomic E-state index is -3.75. The fourth-order valence-corrected chi connectivity index (χ4v) is 6.76. The molecule has 1 fully saturated rings. The Bertz CT molecular complexity index is 1430. The van der Waals surface area contributed by atoms with Crippen molar-refractivity contribution in [2.45, 2.75) is 36.2 Å². The summed E-state index contributed by atoms with van der Waals surface area (Å²) in [6.45, 7) is 0. The first-order valence-electron chi connectivity index (χ1n) is 11.3. The number of aromatic nitrogens is 5. The second kappa shape index (κ2) is 9.69. The first kappa shape index (κ1) is 23.9. The van der Waals surface area contributed by atoms with Crippen LogP contribution in [-0.2, 0) is 15.6 Å². The minimum Gasteiger partial charge on any atom is -0.494 e. The number of para-hydroxylation sites is 1. The van der Waals surface area contributed by atoms with Gasteiger partial charge in [0.2, 0.25) is 5.82 Å². The highest BCUT2D eigenvalue weighted by Crippen LogP contribution is 2.40. The maximum Gasteiger partial charge on any atom is 0.204 e. The Balaban J connectivity index is 1.59. The Morgan fingerprint density at radius 2 is 1.78 bits per heavy atom. The number of hydrogen-bond acceptors (Lipinski definition) is 9. The zero-order valence-corrected chi connectivity index (χ0v) is 20.5. The van der Waals surface area contributed by atoms with Crippen LogP contribution in [0.2, 0.25) is 0 Å². The molecular formula is C24H24FN5O5S. The van der Waals surface area contributed by atoms with Crippen molar-refractivity contribution in [2.75, 3.05) is 14.2 Å². The van der Waals surface area contributed by atoms with E-state index in [-0.39, 0.29) is 5.82 Å². The summed E-state index contributed by atoms with van der Waals surface area (Å²) in [6, 6.07) is 8.65.